The number of hydrogen-bond acceptors (Lipinski definition) is 3. The summed E-state index contributed by atoms with van der Waals surface area (Å²) < 4.78 is 11.3. The van der Waals surface area contributed by atoms with Crippen LogP contribution >= 0.6 is 0 Å². The molecule has 0 radical (unpaired) electrons. The van der Waals surface area contributed by atoms with Crippen molar-refractivity contribution in [3.05, 3.63) is 103 Å². The van der Waals surface area contributed by atoms with Crippen molar-refractivity contribution < 1.29 is 14.3 Å². The fourth-order valence-electron chi connectivity index (χ4n) is 3.16. The minimum absolute atomic E-state index is 0.360. The number of benzene rings is 4. The van der Waals surface area contributed by atoms with Gasteiger partial charge in [0.2, 0.25) is 0 Å². The van der Waals surface area contributed by atoms with Crippen molar-refractivity contribution in [1.82, 2.24) is 0 Å². The van der Waals surface area contributed by atoms with Crippen LogP contribution in [0.25, 0.3) is 22.3 Å². The highest BCUT2D eigenvalue weighted by molar-refractivity contribution is 5.74. The minimum Gasteiger partial charge on any atom is -0.457 e. The molecule has 0 aliphatic heterocycles. The maximum Gasteiger partial charge on any atom is 0.308 e. The Balaban J connectivity index is 1.61. The first-order valence-corrected chi connectivity index (χ1v) is 9.40. The number of carbonyl (C=O) groups is 1. The SMILES string of the molecule is CC(=O)Oc1cccc(Oc2ccccc2-c2ccc(-c3ccccc3)cc2)c1. The number of hydrogen-bond donors (Lipinski definition) is 0. The lowest BCUT2D eigenvalue weighted by Crippen LogP contribution is -2.01. The molecule has 4 rings (SSSR count). The summed E-state index contributed by atoms with van der Waals surface area (Å²) in [6.07, 6.45) is 0. The van der Waals surface area contributed by atoms with Gasteiger partial charge in [0.15, 0.2) is 0 Å². The van der Waals surface area contributed by atoms with E-state index in [4.69, 9.17) is 9.47 Å². The highest BCUT2D eigenvalue weighted by Crippen LogP contribution is 2.35. The van der Waals surface area contributed by atoms with Gasteiger partial charge in [0.05, 0.1) is 0 Å². The van der Waals surface area contributed by atoms with Crippen molar-refractivity contribution in [2.24, 2.45) is 0 Å². The van der Waals surface area contributed by atoms with Crippen molar-refractivity contribution in [1.29, 1.82) is 0 Å². The second-order valence-corrected chi connectivity index (χ2v) is 6.61. The molecule has 0 amide bonds. The molecule has 0 unspecified atom stereocenters. The smallest absolute Gasteiger partial charge is 0.308 e. The van der Waals surface area contributed by atoms with E-state index < -0.39 is 0 Å². The molecule has 0 heterocycles. The van der Waals surface area contributed by atoms with Gasteiger partial charge in [-0.25, -0.2) is 0 Å². The minimum atomic E-state index is -0.360. The van der Waals surface area contributed by atoms with Gasteiger partial charge in [0.25, 0.3) is 0 Å². The zero-order valence-corrected chi connectivity index (χ0v) is 16.0. The fourth-order valence-corrected chi connectivity index (χ4v) is 3.16. The van der Waals surface area contributed by atoms with Crippen LogP contribution in [0.4, 0.5) is 0 Å². The van der Waals surface area contributed by atoms with Gasteiger partial charge in [-0.2, -0.15) is 0 Å². The number of carbonyl (C=O) groups excluding carboxylic acids is 1. The first-order chi connectivity index (χ1) is 14.2. The molecule has 0 bridgehead atoms. The molecule has 4 aromatic rings. The van der Waals surface area contributed by atoms with E-state index in [9.17, 15) is 4.79 Å². The molecule has 0 N–H and O–H groups in total. The number of ether oxygens (including phenoxy) is 2. The van der Waals surface area contributed by atoms with E-state index in [1.54, 1.807) is 18.2 Å². The molecule has 142 valence electrons. The lowest BCUT2D eigenvalue weighted by atomic mass is 10.00. The van der Waals surface area contributed by atoms with Gasteiger partial charge in [-0.1, -0.05) is 78.9 Å². The Morgan fingerprint density at radius 1 is 0.621 bits per heavy atom. The van der Waals surface area contributed by atoms with Crippen molar-refractivity contribution in [3.8, 4) is 39.5 Å². The van der Waals surface area contributed by atoms with E-state index in [2.05, 4.69) is 36.4 Å². The van der Waals surface area contributed by atoms with Gasteiger partial charge in [0, 0.05) is 18.6 Å². The maximum absolute atomic E-state index is 11.2. The molecule has 0 saturated carbocycles. The van der Waals surface area contributed by atoms with E-state index >= 15 is 0 Å². The van der Waals surface area contributed by atoms with Crippen LogP contribution in [0.3, 0.4) is 0 Å². The second-order valence-electron chi connectivity index (χ2n) is 6.61. The van der Waals surface area contributed by atoms with Crippen LogP contribution in [-0.4, -0.2) is 5.97 Å². The molecule has 0 aliphatic carbocycles. The summed E-state index contributed by atoms with van der Waals surface area (Å²) in [5.74, 6) is 1.44. The predicted molar refractivity (Wildman–Crippen MR) is 115 cm³/mol. The monoisotopic (exact) mass is 380 g/mol. The average molecular weight is 380 g/mol. The van der Waals surface area contributed by atoms with Crippen LogP contribution in [0.15, 0.2) is 103 Å². The topological polar surface area (TPSA) is 35.5 Å². The van der Waals surface area contributed by atoms with Crippen LogP contribution in [0.5, 0.6) is 17.2 Å². The lowest BCUT2D eigenvalue weighted by molar-refractivity contribution is -0.131. The van der Waals surface area contributed by atoms with Crippen LogP contribution in [-0.2, 0) is 4.79 Å². The average Bonchev–Trinajstić information content (AvgIpc) is 2.75. The Morgan fingerprint density at radius 2 is 1.24 bits per heavy atom. The van der Waals surface area contributed by atoms with E-state index in [1.165, 1.54) is 18.1 Å². The molecule has 0 atom stereocenters. The molecule has 3 nitrogen and oxygen atoms in total. The van der Waals surface area contributed by atoms with Gasteiger partial charge in [-0.05, 0) is 34.9 Å². The summed E-state index contributed by atoms with van der Waals surface area (Å²) in [7, 11) is 0. The first-order valence-electron chi connectivity index (χ1n) is 9.40. The van der Waals surface area contributed by atoms with E-state index in [-0.39, 0.29) is 5.97 Å². The second kappa shape index (κ2) is 8.44. The zero-order valence-electron chi connectivity index (χ0n) is 16.0. The molecule has 4 aromatic carbocycles. The molecule has 0 spiro atoms. The summed E-state index contributed by atoms with van der Waals surface area (Å²) in [6.45, 7) is 1.38. The quantitative estimate of drug-likeness (QED) is 0.284. The third kappa shape index (κ3) is 4.53. The zero-order chi connectivity index (χ0) is 20.1. The predicted octanol–water partition coefficient (Wildman–Crippen LogP) is 6.74. The molecule has 29 heavy (non-hydrogen) atoms. The van der Waals surface area contributed by atoms with Crippen molar-refractivity contribution in [2.75, 3.05) is 0 Å². The molecular formula is C26H20O3. The molecule has 3 heteroatoms. The van der Waals surface area contributed by atoms with E-state index in [0.717, 1.165) is 16.9 Å². The molecular weight excluding hydrogens is 360 g/mol. The van der Waals surface area contributed by atoms with Crippen LogP contribution < -0.4 is 9.47 Å². The van der Waals surface area contributed by atoms with Gasteiger partial charge < -0.3 is 9.47 Å². The number of esters is 1. The van der Waals surface area contributed by atoms with Crippen LogP contribution in [0.1, 0.15) is 6.92 Å². The van der Waals surface area contributed by atoms with Gasteiger partial charge in [-0.15, -0.1) is 0 Å². The lowest BCUT2D eigenvalue weighted by Gasteiger charge is -2.13. The van der Waals surface area contributed by atoms with E-state index in [0.29, 0.717) is 11.5 Å². The molecule has 0 aromatic heterocycles. The van der Waals surface area contributed by atoms with Gasteiger partial charge in [-0.3, -0.25) is 4.79 Å². The third-order valence-electron chi connectivity index (χ3n) is 4.48. The molecule has 0 saturated heterocycles. The Morgan fingerprint density at radius 3 is 2.00 bits per heavy atom. The van der Waals surface area contributed by atoms with Crippen molar-refractivity contribution >= 4 is 5.97 Å². The normalized spacial score (nSPS) is 10.4. The summed E-state index contributed by atoms with van der Waals surface area (Å²) in [5, 5.41) is 0. The molecule has 0 fully saturated rings. The molecule has 0 aliphatic rings. The Labute approximate surface area is 170 Å². The summed E-state index contributed by atoms with van der Waals surface area (Å²) in [6, 6.07) is 33.7. The summed E-state index contributed by atoms with van der Waals surface area (Å²) >= 11 is 0. The Bertz CT molecular complexity index is 1120. The first kappa shape index (κ1) is 18.5. The van der Waals surface area contributed by atoms with Gasteiger partial charge >= 0.3 is 5.97 Å². The standard InChI is InChI=1S/C26H20O3/c1-19(27)28-23-10-7-11-24(18-23)29-26-13-6-5-12-25(26)22-16-14-21(15-17-22)20-8-3-2-4-9-20/h2-18H,1H3. The van der Waals surface area contributed by atoms with Crippen LogP contribution in [0.2, 0.25) is 0 Å². The largest absolute Gasteiger partial charge is 0.457 e. The summed E-state index contributed by atoms with van der Waals surface area (Å²) in [4.78, 5) is 11.2. The van der Waals surface area contributed by atoms with E-state index in [1.807, 2.05) is 48.5 Å². The Hall–Kier alpha value is -3.85. The summed E-state index contributed by atoms with van der Waals surface area (Å²) in [5.41, 5.74) is 4.41. The highest BCUT2D eigenvalue weighted by atomic mass is 16.5. The van der Waals surface area contributed by atoms with Crippen LogP contribution in [0, 0.1) is 0 Å². The number of para-hydroxylation sites is 1. The number of rotatable bonds is 5. The highest BCUT2D eigenvalue weighted by Gasteiger charge is 2.09. The Kier molecular flexibility index (Phi) is 5.39. The maximum atomic E-state index is 11.2. The third-order valence-corrected chi connectivity index (χ3v) is 4.48. The van der Waals surface area contributed by atoms with Gasteiger partial charge in [0.1, 0.15) is 17.2 Å². The van der Waals surface area contributed by atoms with Crippen molar-refractivity contribution in [2.45, 2.75) is 6.92 Å². The van der Waals surface area contributed by atoms with Crippen molar-refractivity contribution in [3.63, 3.8) is 0 Å². The fraction of sp³-hybridized carbons (Fsp3) is 0.0385.